The Balaban J connectivity index is 1.29. The van der Waals surface area contributed by atoms with Crippen LogP contribution in [0.1, 0.15) is 46.8 Å². The average Bonchev–Trinajstić information content (AvgIpc) is 3.36. The quantitative estimate of drug-likeness (QED) is 0.752. The molecule has 2 fully saturated rings. The van der Waals surface area contributed by atoms with Crippen molar-refractivity contribution in [2.45, 2.75) is 30.7 Å². The summed E-state index contributed by atoms with van der Waals surface area (Å²) in [5.74, 6) is 0.119. The first-order valence-electron chi connectivity index (χ1n) is 9.96. The van der Waals surface area contributed by atoms with Gasteiger partial charge in [0.1, 0.15) is 0 Å². The summed E-state index contributed by atoms with van der Waals surface area (Å²) >= 11 is 0. The number of piperidine rings is 1. The minimum absolute atomic E-state index is 0.0468. The monoisotopic (exact) mass is 376 g/mol. The molecule has 1 spiro atoms. The van der Waals surface area contributed by atoms with E-state index in [-0.39, 0.29) is 11.8 Å². The summed E-state index contributed by atoms with van der Waals surface area (Å²) in [6, 6.07) is 16.1. The molecule has 0 saturated carbocycles. The molecule has 2 amide bonds. The number of nitrogens with zero attached hydrogens (tertiary/aromatic N) is 1. The van der Waals surface area contributed by atoms with Crippen LogP contribution in [-0.2, 0) is 10.2 Å². The molecule has 28 heavy (non-hydrogen) atoms. The lowest BCUT2D eigenvalue weighted by Crippen LogP contribution is -2.48. The number of carbonyl (C=O) groups is 2. The molecular weight excluding hydrogens is 352 g/mol. The van der Waals surface area contributed by atoms with Crippen LogP contribution in [0.5, 0.6) is 0 Å². The van der Waals surface area contributed by atoms with Crippen molar-refractivity contribution in [3.8, 4) is 0 Å². The fourth-order valence-electron chi connectivity index (χ4n) is 4.74. The van der Waals surface area contributed by atoms with Gasteiger partial charge in [0, 0.05) is 36.9 Å². The van der Waals surface area contributed by atoms with E-state index in [4.69, 9.17) is 0 Å². The van der Waals surface area contributed by atoms with Crippen LogP contribution in [0.3, 0.4) is 0 Å². The lowest BCUT2D eigenvalue weighted by Gasteiger charge is -2.38. The standard InChI is InChI=1S/C22H24N4O2/c27-20(16-7-5-15(6-8-16)18-9-12-23-25-18)26-13-10-22(11-14-26)17-3-1-2-4-19(17)24-21(22)28/h1-8,18,23,25H,9-14H2,(H,24,28). The SMILES string of the molecule is O=C(c1ccc(C2CCNN2)cc1)N1CCC2(CC1)C(=O)Nc1ccccc12. The highest BCUT2D eigenvalue weighted by Crippen LogP contribution is 2.44. The van der Waals surface area contributed by atoms with E-state index in [9.17, 15) is 9.59 Å². The number of carbonyl (C=O) groups excluding carboxylic acids is 2. The summed E-state index contributed by atoms with van der Waals surface area (Å²) in [5, 5.41) is 3.01. The van der Waals surface area contributed by atoms with E-state index >= 15 is 0 Å². The van der Waals surface area contributed by atoms with Crippen molar-refractivity contribution in [3.63, 3.8) is 0 Å². The lowest BCUT2D eigenvalue weighted by molar-refractivity contribution is -0.122. The zero-order valence-electron chi connectivity index (χ0n) is 15.7. The number of para-hydroxylation sites is 1. The van der Waals surface area contributed by atoms with Crippen LogP contribution in [0.4, 0.5) is 5.69 Å². The first kappa shape index (κ1) is 17.4. The van der Waals surface area contributed by atoms with Crippen LogP contribution < -0.4 is 16.2 Å². The van der Waals surface area contributed by atoms with Gasteiger partial charge in [-0.2, -0.15) is 0 Å². The molecule has 2 aromatic carbocycles. The Morgan fingerprint density at radius 2 is 1.79 bits per heavy atom. The Bertz CT molecular complexity index is 910. The maximum atomic E-state index is 13.0. The summed E-state index contributed by atoms with van der Waals surface area (Å²) in [7, 11) is 0. The van der Waals surface area contributed by atoms with Crippen LogP contribution in [-0.4, -0.2) is 36.3 Å². The number of amides is 2. The number of likely N-dealkylation sites (tertiary alicyclic amines) is 1. The van der Waals surface area contributed by atoms with Gasteiger partial charge >= 0.3 is 0 Å². The predicted molar refractivity (Wildman–Crippen MR) is 107 cm³/mol. The number of fused-ring (bicyclic) bond motifs is 2. The van der Waals surface area contributed by atoms with E-state index < -0.39 is 5.41 Å². The van der Waals surface area contributed by atoms with Crippen LogP contribution >= 0.6 is 0 Å². The molecule has 3 N–H and O–H groups in total. The highest BCUT2D eigenvalue weighted by atomic mass is 16.2. The zero-order chi connectivity index (χ0) is 19.1. The molecule has 0 bridgehead atoms. The largest absolute Gasteiger partial charge is 0.339 e. The maximum Gasteiger partial charge on any atom is 0.253 e. The van der Waals surface area contributed by atoms with Gasteiger partial charge in [-0.25, -0.2) is 0 Å². The zero-order valence-corrected chi connectivity index (χ0v) is 15.7. The van der Waals surface area contributed by atoms with E-state index in [0.29, 0.717) is 37.5 Å². The second-order valence-corrected chi connectivity index (χ2v) is 7.91. The van der Waals surface area contributed by atoms with Crippen molar-refractivity contribution in [3.05, 3.63) is 65.2 Å². The van der Waals surface area contributed by atoms with Crippen molar-refractivity contribution in [2.75, 3.05) is 25.0 Å². The Morgan fingerprint density at radius 3 is 2.50 bits per heavy atom. The number of nitrogens with one attached hydrogen (secondary N) is 3. The molecule has 144 valence electrons. The van der Waals surface area contributed by atoms with E-state index in [0.717, 1.165) is 24.2 Å². The molecule has 5 rings (SSSR count). The van der Waals surface area contributed by atoms with Crippen molar-refractivity contribution >= 4 is 17.5 Å². The number of hydrogen-bond donors (Lipinski definition) is 3. The Hall–Kier alpha value is -2.70. The number of anilines is 1. The molecule has 1 unspecified atom stereocenters. The Labute approximate surface area is 164 Å². The van der Waals surface area contributed by atoms with Crippen LogP contribution in [0, 0.1) is 0 Å². The van der Waals surface area contributed by atoms with Crippen molar-refractivity contribution < 1.29 is 9.59 Å². The van der Waals surface area contributed by atoms with Gasteiger partial charge in [-0.15, -0.1) is 0 Å². The summed E-state index contributed by atoms with van der Waals surface area (Å²) in [4.78, 5) is 27.5. The van der Waals surface area contributed by atoms with Gasteiger partial charge in [-0.05, 0) is 48.6 Å². The molecule has 3 heterocycles. The number of hydrazine groups is 1. The third-order valence-corrected chi connectivity index (χ3v) is 6.42. The smallest absolute Gasteiger partial charge is 0.253 e. The second kappa shape index (κ2) is 6.72. The van der Waals surface area contributed by atoms with E-state index in [1.807, 2.05) is 53.4 Å². The molecule has 0 aromatic heterocycles. The summed E-state index contributed by atoms with van der Waals surface area (Å²) in [6.07, 6.45) is 2.37. The van der Waals surface area contributed by atoms with E-state index in [1.165, 1.54) is 5.56 Å². The maximum absolute atomic E-state index is 13.0. The predicted octanol–water partition coefficient (Wildman–Crippen LogP) is 2.35. The minimum atomic E-state index is -0.488. The minimum Gasteiger partial charge on any atom is -0.339 e. The molecule has 2 aromatic rings. The van der Waals surface area contributed by atoms with Gasteiger partial charge < -0.3 is 10.2 Å². The summed E-state index contributed by atoms with van der Waals surface area (Å²) in [6.45, 7) is 2.14. The highest BCUT2D eigenvalue weighted by Gasteiger charge is 2.48. The molecule has 1 atom stereocenters. The fourth-order valence-corrected chi connectivity index (χ4v) is 4.74. The normalized spacial score (nSPS) is 22.9. The topological polar surface area (TPSA) is 73.5 Å². The third kappa shape index (κ3) is 2.72. The van der Waals surface area contributed by atoms with Gasteiger partial charge in [0.15, 0.2) is 0 Å². The highest BCUT2D eigenvalue weighted by molar-refractivity contribution is 6.06. The summed E-state index contributed by atoms with van der Waals surface area (Å²) in [5.41, 5.74) is 9.79. The van der Waals surface area contributed by atoms with Gasteiger partial charge in [0.2, 0.25) is 5.91 Å². The first-order valence-corrected chi connectivity index (χ1v) is 9.96. The molecule has 3 aliphatic heterocycles. The van der Waals surface area contributed by atoms with Gasteiger partial charge in [-0.1, -0.05) is 30.3 Å². The average molecular weight is 376 g/mol. The Morgan fingerprint density at radius 1 is 1.04 bits per heavy atom. The first-order chi connectivity index (χ1) is 13.7. The Kier molecular flexibility index (Phi) is 4.18. The molecule has 0 aliphatic carbocycles. The van der Waals surface area contributed by atoms with E-state index in [1.54, 1.807) is 0 Å². The molecule has 2 saturated heterocycles. The molecule has 3 aliphatic rings. The summed E-state index contributed by atoms with van der Waals surface area (Å²) < 4.78 is 0. The molecule has 0 radical (unpaired) electrons. The van der Waals surface area contributed by atoms with Gasteiger partial charge in [0.25, 0.3) is 5.91 Å². The van der Waals surface area contributed by atoms with Crippen molar-refractivity contribution in [2.24, 2.45) is 0 Å². The molecular formula is C22H24N4O2. The van der Waals surface area contributed by atoms with E-state index in [2.05, 4.69) is 16.2 Å². The number of benzene rings is 2. The van der Waals surface area contributed by atoms with Gasteiger partial charge in [0.05, 0.1) is 5.41 Å². The number of hydrogen-bond acceptors (Lipinski definition) is 4. The fraction of sp³-hybridized carbons (Fsp3) is 0.364. The van der Waals surface area contributed by atoms with Crippen LogP contribution in [0.25, 0.3) is 0 Å². The van der Waals surface area contributed by atoms with Crippen molar-refractivity contribution in [1.82, 2.24) is 15.8 Å². The molecule has 6 heteroatoms. The van der Waals surface area contributed by atoms with Gasteiger partial charge in [-0.3, -0.25) is 20.4 Å². The number of rotatable bonds is 2. The van der Waals surface area contributed by atoms with Crippen LogP contribution in [0.2, 0.25) is 0 Å². The third-order valence-electron chi connectivity index (χ3n) is 6.42. The lowest BCUT2D eigenvalue weighted by atomic mass is 9.73. The molecule has 6 nitrogen and oxygen atoms in total. The van der Waals surface area contributed by atoms with Crippen LogP contribution in [0.15, 0.2) is 48.5 Å². The van der Waals surface area contributed by atoms with Crippen molar-refractivity contribution in [1.29, 1.82) is 0 Å². The second-order valence-electron chi connectivity index (χ2n) is 7.91.